The minimum absolute atomic E-state index is 0.471. The molecule has 20 heavy (non-hydrogen) atoms. The standard InChI is InChI=1S/C18H27NO/c1-2-3-4-5-6-7-8-9-16-20-18-12-10-17(11-13-18)14-15-19/h10-13H,2-9,14,16H2,1H3. The average Bonchev–Trinajstić information content (AvgIpc) is 2.47. The molecule has 0 saturated heterocycles. The van der Waals surface area contributed by atoms with Crippen molar-refractivity contribution in [2.45, 2.75) is 64.7 Å². The summed E-state index contributed by atoms with van der Waals surface area (Å²) in [7, 11) is 0. The minimum atomic E-state index is 0.471. The Balaban J connectivity index is 1.99. The quantitative estimate of drug-likeness (QED) is 0.514. The molecule has 0 aliphatic rings. The molecule has 2 nitrogen and oxygen atoms in total. The Morgan fingerprint density at radius 3 is 2.10 bits per heavy atom. The summed E-state index contributed by atoms with van der Waals surface area (Å²) in [5.41, 5.74) is 1.05. The number of hydrogen-bond donors (Lipinski definition) is 0. The van der Waals surface area contributed by atoms with Crippen LogP contribution < -0.4 is 4.74 Å². The first-order chi connectivity index (χ1) is 9.86. The lowest BCUT2D eigenvalue weighted by molar-refractivity contribution is 0.304. The molecule has 110 valence electrons. The summed E-state index contributed by atoms with van der Waals surface area (Å²) in [5.74, 6) is 0.912. The van der Waals surface area contributed by atoms with Gasteiger partial charge in [0.2, 0.25) is 0 Å². The molecule has 0 spiro atoms. The van der Waals surface area contributed by atoms with Crippen molar-refractivity contribution in [1.82, 2.24) is 0 Å². The Labute approximate surface area is 123 Å². The van der Waals surface area contributed by atoms with Gasteiger partial charge in [-0.05, 0) is 24.1 Å². The van der Waals surface area contributed by atoms with Crippen LogP contribution in [-0.2, 0) is 6.42 Å². The molecular formula is C18H27NO. The number of benzene rings is 1. The summed E-state index contributed by atoms with van der Waals surface area (Å²) < 4.78 is 5.70. The Morgan fingerprint density at radius 1 is 0.900 bits per heavy atom. The fourth-order valence-corrected chi connectivity index (χ4v) is 2.22. The van der Waals surface area contributed by atoms with Crippen molar-refractivity contribution in [1.29, 1.82) is 5.26 Å². The molecule has 2 heteroatoms. The normalized spacial score (nSPS) is 10.2. The van der Waals surface area contributed by atoms with E-state index in [0.29, 0.717) is 6.42 Å². The number of unbranched alkanes of at least 4 members (excludes halogenated alkanes) is 7. The summed E-state index contributed by atoms with van der Waals surface area (Å²) in [6.45, 7) is 3.05. The molecule has 0 aromatic heterocycles. The average molecular weight is 273 g/mol. The van der Waals surface area contributed by atoms with E-state index in [0.717, 1.165) is 24.3 Å². The van der Waals surface area contributed by atoms with Gasteiger partial charge in [0.15, 0.2) is 0 Å². The Hall–Kier alpha value is -1.49. The van der Waals surface area contributed by atoms with Gasteiger partial charge in [-0.25, -0.2) is 0 Å². The molecule has 1 aromatic carbocycles. The largest absolute Gasteiger partial charge is 0.494 e. The van der Waals surface area contributed by atoms with Gasteiger partial charge in [-0.2, -0.15) is 5.26 Å². The van der Waals surface area contributed by atoms with Crippen LogP contribution in [0.5, 0.6) is 5.75 Å². The number of nitrogens with zero attached hydrogens (tertiary/aromatic N) is 1. The van der Waals surface area contributed by atoms with Crippen LogP contribution in [0, 0.1) is 11.3 Å². The summed E-state index contributed by atoms with van der Waals surface area (Å²) in [6, 6.07) is 9.99. The summed E-state index contributed by atoms with van der Waals surface area (Å²) in [5, 5.41) is 8.60. The second-order valence-electron chi connectivity index (χ2n) is 5.30. The second-order valence-corrected chi connectivity index (χ2v) is 5.30. The molecule has 0 amide bonds. The van der Waals surface area contributed by atoms with E-state index < -0.39 is 0 Å². The number of nitriles is 1. The highest BCUT2D eigenvalue weighted by Gasteiger charge is 1.96. The zero-order chi connectivity index (χ0) is 14.5. The molecule has 0 aliphatic carbocycles. The van der Waals surface area contributed by atoms with Gasteiger partial charge in [0.25, 0.3) is 0 Å². The van der Waals surface area contributed by atoms with Gasteiger partial charge >= 0.3 is 0 Å². The third kappa shape index (κ3) is 7.84. The number of ether oxygens (including phenoxy) is 1. The summed E-state index contributed by atoms with van der Waals surface area (Å²) in [6.07, 6.45) is 11.0. The third-order valence-electron chi connectivity index (χ3n) is 3.47. The van der Waals surface area contributed by atoms with Gasteiger partial charge in [-0.1, -0.05) is 64.0 Å². The monoisotopic (exact) mass is 273 g/mol. The smallest absolute Gasteiger partial charge is 0.119 e. The lowest BCUT2D eigenvalue weighted by Crippen LogP contribution is -1.97. The second kappa shape index (κ2) is 11.3. The minimum Gasteiger partial charge on any atom is -0.494 e. The van der Waals surface area contributed by atoms with E-state index in [4.69, 9.17) is 10.00 Å². The van der Waals surface area contributed by atoms with E-state index in [1.807, 2.05) is 24.3 Å². The Bertz CT molecular complexity index is 377. The molecule has 0 saturated carbocycles. The fourth-order valence-electron chi connectivity index (χ4n) is 2.22. The zero-order valence-corrected chi connectivity index (χ0v) is 12.7. The van der Waals surface area contributed by atoms with Gasteiger partial charge < -0.3 is 4.74 Å². The predicted molar refractivity (Wildman–Crippen MR) is 83.9 cm³/mol. The van der Waals surface area contributed by atoms with Crippen molar-refractivity contribution in [2.75, 3.05) is 6.61 Å². The topological polar surface area (TPSA) is 33.0 Å². The number of hydrogen-bond acceptors (Lipinski definition) is 2. The molecular weight excluding hydrogens is 246 g/mol. The van der Waals surface area contributed by atoms with Crippen LogP contribution in [0.2, 0.25) is 0 Å². The van der Waals surface area contributed by atoms with Gasteiger partial charge in [-0.15, -0.1) is 0 Å². The van der Waals surface area contributed by atoms with Crippen LogP contribution >= 0.6 is 0 Å². The van der Waals surface area contributed by atoms with Gasteiger partial charge in [-0.3, -0.25) is 0 Å². The highest BCUT2D eigenvalue weighted by Crippen LogP contribution is 2.14. The molecule has 0 unspecified atom stereocenters. The number of rotatable bonds is 11. The lowest BCUT2D eigenvalue weighted by atomic mass is 10.1. The van der Waals surface area contributed by atoms with Crippen molar-refractivity contribution < 1.29 is 4.74 Å². The SMILES string of the molecule is CCCCCCCCCCOc1ccc(CC#N)cc1. The van der Waals surface area contributed by atoms with Crippen LogP contribution in [0.3, 0.4) is 0 Å². The molecule has 0 aliphatic heterocycles. The predicted octanol–water partition coefficient (Wildman–Crippen LogP) is 5.27. The first kappa shape index (κ1) is 16.6. The van der Waals surface area contributed by atoms with Crippen molar-refractivity contribution in [3.8, 4) is 11.8 Å². The zero-order valence-electron chi connectivity index (χ0n) is 12.7. The molecule has 0 atom stereocenters. The van der Waals surface area contributed by atoms with Crippen LogP contribution in [0.15, 0.2) is 24.3 Å². The molecule has 0 N–H and O–H groups in total. The molecule has 0 fully saturated rings. The maximum Gasteiger partial charge on any atom is 0.119 e. The van der Waals surface area contributed by atoms with Crippen molar-refractivity contribution in [3.63, 3.8) is 0 Å². The van der Waals surface area contributed by atoms with Gasteiger partial charge in [0.1, 0.15) is 5.75 Å². The van der Waals surface area contributed by atoms with E-state index in [2.05, 4.69) is 13.0 Å². The van der Waals surface area contributed by atoms with Crippen LogP contribution in [0.1, 0.15) is 63.9 Å². The summed E-state index contributed by atoms with van der Waals surface area (Å²) >= 11 is 0. The lowest BCUT2D eigenvalue weighted by Gasteiger charge is -2.06. The fraction of sp³-hybridized carbons (Fsp3) is 0.611. The molecule has 0 heterocycles. The highest BCUT2D eigenvalue weighted by atomic mass is 16.5. The van der Waals surface area contributed by atoms with Crippen molar-refractivity contribution in [2.24, 2.45) is 0 Å². The summed E-state index contributed by atoms with van der Waals surface area (Å²) in [4.78, 5) is 0. The molecule has 1 rings (SSSR count). The van der Waals surface area contributed by atoms with E-state index in [-0.39, 0.29) is 0 Å². The first-order valence-electron chi connectivity index (χ1n) is 7.95. The van der Waals surface area contributed by atoms with E-state index in [1.54, 1.807) is 0 Å². The maximum atomic E-state index is 8.60. The Kier molecular flexibility index (Phi) is 9.40. The van der Waals surface area contributed by atoms with Gasteiger partial charge in [0.05, 0.1) is 19.1 Å². The van der Waals surface area contributed by atoms with Crippen LogP contribution in [-0.4, -0.2) is 6.61 Å². The highest BCUT2D eigenvalue weighted by molar-refractivity contribution is 5.28. The maximum absolute atomic E-state index is 8.60. The van der Waals surface area contributed by atoms with Crippen molar-refractivity contribution in [3.05, 3.63) is 29.8 Å². The molecule has 0 radical (unpaired) electrons. The van der Waals surface area contributed by atoms with Crippen molar-refractivity contribution >= 4 is 0 Å². The third-order valence-corrected chi connectivity index (χ3v) is 3.47. The van der Waals surface area contributed by atoms with Crippen LogP contribution in [0.4, 0.5) is 0 Å². The van der Waals surface area contributed by atoms with Gasteiger partial charge in [0, 0.05) is 0 Å². The molecule has 0 bridgehead atoms. The van der Waals surface area contributed by atoms with E-state index in [9.17, 15) is 0 Å². The van der Waals surface area contributed by atoms with Crippen LogP contribution in [0.25, 0.3) is 0 Å². The van der Waals surface area contributed by atoms with E-state index >= 15 is 0 Å². The molecule has 1 aromatic rings. The van der Waals surface area contributed by atoms with E-state index in [1.165, 1.54) is 44.9 Å². The Morgan fingerprint density at radius 2 is 1.50 bits per heavy atom. The first-order valence-corrected chi connectivity index (χ1v) is 7.95.